The zero-order valence-electron chi connectivity index (χ0n) is 8.67. The Labute approximate surface area is 107 Å². The first-order valence-electron chi connectivity index (χ1n) is 4.63. The molecule has 0 bridgehead atoms. The number of nitrogens with one attached hydrogen (secondary N) is 1. The molecule has 1 unspecified atom stereocenters. The summed E-state index contributed by atoms with van der Waals surface area (Å²) in [7, 11) is 0. The second-order valence-electron chi connectivity index (χ2n) is 3.34. The van der Waals surface area contributed by atoms with Gasteiger partial charge in [0.05, 0.1) is 12.2 Å². The highest BCUT2D eigenvalue weighted by Gasteiger charge is 2.10. The summed E-state index contributed by atoms with van der Waals surface area (Å²) < 4.78 is 0.652. The minimum Gasteiger partial charge on any atom is -0.326 e. The molecule has 0 aliphatic carbocycles. The lowest BCUT2D eigenvalue weighted by Crippen LogP contribution is -2.31. The van der Waals surface area contributed by atoms with Crippen molar-refractivity contribution in [1.82, 2.24) is 5.48 Å². The SMILES string of the molecule is CC(N)CONC(=O)c1cc(Cl)ccc1Br. The number of nitrogens with two attached hydrogens (primary N) is 1. The van der Waals surface area contributed by atoms with Crippen molar-refractivity contribution >= 4 is 33.4 Å². The minimum atomic E-state index is -0.366. The van der Waals surface area contributed by atoms with Crippen LogP contribution in [0.4, 0.5) is 0 Å². The monoisotopic (exact) mass is 306 g/mol. The summed E-state index contributed by atoms with van der Waals surface area (Å²) in [6.45, 7) is 2.03. The van der Waals surface area contributed by atoms with E-state index in [4.69, 9.17) is 22.2 Å². The number of hydrogen-bond donors (Lipinski definition) is 2. The van der Waals surface area contributed by atoms with Gasteiger partial charge in [0.2, 0.25) is 0 Å². The Morgan fingerprint density at radius 1 is 1.69 bits per heavy atom. The van der Waals surface area contributed by atoms with Gasteiger partial charge in [-0.3, -0.25) is 9.63 Å². The molecular formula is C10H12BrClN2O2. The number of carbonyl (C=O) groups excluding carboxylic acids is 1. The van der Waals surface area contributed by atoms with E-state index >= 15 is 0 Å². The second kappa shape index (κ2) is 6.20. The number of hydrogen-bond acceptors (Lipinski definition) is 3. The molecule has 0 saturated carbocycles. The van der Waals surface area contributed by atoms with Gasteiger partial charge in [-0.05, 0) is 41.1 Å². The van der Waals surface area contributed by atoms with Crippen LogP contribution in [0.5, 0.6) is 0 Å². The van der Waals surface area contributed by atoms with Crippen LogP contribution in [0.15, 0.2) is 22.7 Å². The number of carbonyl (C=O) groups is 1. The van der Waals surface area contributed by atoms with Crippen molar-refractivity contribution in [3.05, 3.63) is 33.3 Å². The largest absolute Gasteiger partial charge is 0.326 e. The van der Waals surface area contributed by atoms with Crippen LogP contribution in [-0.2, 0) is 4.84 Å². The van der Waals surface area contributed by atoms with Crippen molar-refractivity contribution in [3.8, 4) is 0 Å². The molecule has 1 atom stereocenters. The Hall–Kier alpha value is -0.620. The van der Waals surface area contributed by atoms with E-state index in [0.717, 1.165) is 0 Å². The molecule has 88 valence electrons. The molecule has 0 aliphatic heterocycles. The summed E-state index contributed by atoms with van der Waals surface area (Å²) in [6, 6.07) is 4.80. The van der Waals surface area contributed by atoms with Gasteiger partial charge in [-0.2, -0.15) is 0 Å². The molecule has 1 rings (SSSR count). The van der Waals surface area contributed by atoms with Crippen LogP contribution in [0.2, 0.25) is 5.02 Å². The highest BCUT2D eigenvalue weighted by atomic mass is 79.9. The number of halogens is 2. The van der Waals surface area contributed by atoms with Gasteiger partial charge in [0.15, 0.2) is 0 Å². The maximum absolute atomic E-state index is 11.6. The van der Waals surface area contributed by atoms with Crippen molar-refractivity contribution in [2.24, 2.45) is 5.73 Å². The van der Waals surface area contributed by atoms with E-state index < -0.39 is 0 Å². The summed E-state index contributed by atoms with van der Waals surface area (Å²) in [4.78, 5) is 16.6. The normalized spacial score (nSPS) is 12.2. The lowest BCUT2D eigenvalue weighted by Gasteiger charge is -2.09. The Morgan fingerprint density at radius 3 is 3.00 bits per heavy atom. The standard InChI is InChI=1S/C10H12BrClN2O2/c1-6(13)5-16-14-10(15)8-4-7(12)2-3-9(8)11/h2-4,6H,5,13H2,1H3,(H,14,15). The van der Waals surface area contributed by atoms with E-state index in [1.54, 1.807) is 25.1 Å². The van der Waals surface area contributed by atoms with Crippen LogP contribution < -0.4 is 11.2 Å². The number of hydroxylamine groups is 1. The lowest BCUT2D eigenvalue weighted by atomic mass is 10.2. The Kier molecular flexibility index (Phi) is 5.21. The third-order valence-electron chi connectivity index (χ3n) is 1.68. The molecule has 0 saturated heterocycles. The molecule has 0 heterocycles. The number of amides is 1. The van der Waals surface area contributed by atoms with E-state index in [1.165, 1.54) is 0 Å². The fourth-order valence-electron chi connectivity index (χ4n) is 0.965. The zero-order valence-corrected chi connectivity index (χ0v) is 11.0. The predicted octanol–water partition coefficient (Wildman–Crippen LogP) is 2.11. The zero-order chi connectivity index (χ0) is 12.1. The maximum Gasteiger partial charge on any atom is 0.276 e. The average Bonchev–Trinajstić information content (AvgIpc) is 2.21. The molecule has 0 fully saturated rings. The average molecular weight is 308 g/mol. The van der Waals surface area contributed by atoms with E-state index in [1.807, 2.05) is 0 Å². The fraction of sp³-hybridized carbons (Fsp3) is 0.300. The van der Waals surface area contributed by atoms with E-state index in [-0.39, 0.29) is 18.6 Å². The summed E-state index contributed by atoms with van der Waals surface area (Å²) in [6.07, 6.45) is 0. The molecule has 0 radical (unpaired) electrons. The first-order chi connectivity index (χ1) is 7.50. The fourth-order valence-corrected chi connectivity index (χ4v) is 1.56. The third kappa shape index (κ3) is 4.09. The van der Waals surface area contributed by atoms with Gasteiger partial charge in [0, 0.05) is 15.5 Å². The molecule has 0 aliphatic rings. The van der Waals surface area contributed by atoms with E-state index in [9.17, 15) is 4.79 Å². The summed E-state index contributed by atoms with van der Waals surface area (Å²) in [5.74, 6) is -0.366. The smallest absolute Gasteiger partial charge is 0.276 e. The summed E-state index contributed by atoms with van der Waals surface area (Å²) >= 11 is 9.04. The number of benzene rings is 1. The lowest BCUT2D eigenvalue weighted by molar-refractivity contribution is 0.0275. The van der Waals surface area contributed by atoms with Crippen LogP contribution >= 0.6 is 27.5 Å². The molecule has 1 aromatic rings. The molecule has 16 heavy (non-hydrogen) atoms. The Bertz CT molecular complexity index is 385. The highest BCUT2D eigenvalue weighted by molar-refractivity contribution is 9.10. The van der Waals surface area contributed by atoms with Crippen molar-refractivity contribution in [1.29, 1.82) is 0 Å². The van der Waals surface area contributed by atoms with Gasteiger partial charge in [-0.25, -0.2) is 5.48 Å². The first-order valence-corrected chi connectivity index (χ1v) is 5.80. The van der Waals surface area contributed by atoms with Crippen molar-refractivity contribution in [3.63, 3.8) is 0 Å². The molecule has 3 N–H and O–H groups in total. The van der Waals surface area contributed by atoms with Gasteiger partial charge < -0.3 is 5.73 Å². The van der Waals surface area contributed by atoms with Gasteiger partial charge >= 0.3 is 0 Å². The second-order valence-corrected chi connectivity index (χ2v) is 4.63. The molecule has 6 heteroatoms. The number of rotatable bonds is 4. The highest BCUT2D eigenvalue weighted by Crippen LogP contribution is 2.20. The van der Waals surface area contributed by atoms with Gasteiger partial charge in [0.25, 0.3) is 5.91 Å². The van der Waals surface area contributed by atoms with Gasteiger partial charge in [0.1, 0.15) is 0 Å². The Balaban J connectivity index is 2.62. The third-order valence-corrected chi connectivity index (χ3v) is 2.61. The maximum atomic E-state index is 11.6. The van der Waals surface area contributed by atoms with Crippen LogP contribution in [0.3, 0.4) is 0 Å². The summed E-state index contributed by atoms with van der Waals surface area (Å²) in [5, 5.41) is 0.487. The quantitative estimate of drug-likeness (QED) is 0.837. The predicted molar refractivity (Wildman–Crippen MR) is 66.2 cm³/mol. The topological polar surface area (TPSA) is 64.3 Å². The Morgan fingerprint density at radius 2 is 2.38 bits per heavy atom. The summed E-state index contributed by atoms with van der Waals surface area (Å²) in [5.41, 5.74) is 8.17. The van der Waals surface area contributed by atoms with Crippen molar-refractivity contribution in [2.75, 3.05) is 6.61 Å². The van der Waals surface area contributed by atoms with E-state index in [2.05, 4.69) is 21.4 Å². The van der Waals surface area contributed by atoms with Crippen molar-refractivity contribution in [2.45, 2.75) is 13.0 Å². The first kappa shape index (κ1) is 13.4. The molecular weight excluding hydrogens is 295 g/mol. The molecule has 1 amide bonds. The van der Waals surface area contributed by atoms with Gasteiger partial charge in [-0.1, -0.05) is 11.6 Å². The van der Waals surface area contributed by atoms with Gasteiger partial charge in [-0.15, -0.1) is 0 Å². The van der Waals surface area contributed by atoms with Crippen molar-refractivity contribution < 1.29 is 9.63 Å². The molecule has 0 aromatic heterocycles. The van der Waals surface area contributed by atoms with Crippen LogP contribution in [0.25, 0.3) is 0 Å². The molecule has 0 spiro atoms. The van der Waals surface area contributed by atoms with Crippen LogP contribution in [0.1, 0.15) is 17.3 Å². The molecule has 4 nitrogen and oxygen atoms in total. The van der Waals surface area contributed by atoms with E-state index in [0.29, 0.717) is 15.1 Å². The molecule has 1 aromatic carbocycles. The van der Waals surface area contributed by atoms with Crippen LogP contribution in [0, 0.1) is 0 Å². The van der Waals surface area contributed by atoms with Crippen LogP contribution in [-0.4, -0.2) is 18.6 Å². The minimum absolute atomic E-state index is 0.136.